The van der Waals surface area contributed by atoms with Gasteiger partial charge >= 0.3 is 0 Å². The minimum atomic E-state index is 0. The van der Waals surface area contributed by atoms with E-state index in [-0.39, 0.29) is 17.1 Å². The van der Waals surface area contributed by atoms with Crippen LogP contribution in [0.1, 0.15) is 278 Å². The smallest absolute Gasteiger partial charge is 0.168 e. The Bertz CT molecular complexity index is 915. The van der Waals surface area contributed by atoms with Crippen LogP contribution in [0.15, 0.2) is 61.2 Å². The van der Waals surface area contributed by atoms with Gasteiger partial charge in [-0.15, -0.1) is 11.6 Å². The first-order valence-electron chi connectivity index (χ1n) is 26.7. The fraction of sp³-hybridized carbons (Fsp3) is 0.821. The van der Waals surface area contributed by atoms with E-state index >= 15 is 0 Å². The minimum absolute atomic E-state index is 0. The van der Waals surface area contributed by atoms with Crippen molar-refractivity contribution in [3.63, 3.8) is 0 Å². The number of aromatic nitrogens is 2. The average Bonchev–Trinajstić information content (AvgIpc) is 3.27. The average molecular weight is 896 g/mol. The minimum Gasteiger partial charge on any atom is -1.00 e. The van der Waals surface area contributed by atoms with E-state index in [0.717, 1.165) is 5.88 Å². The van der Waals surface area contributed by atoms with Crippen LogP contribution in [-0.2, 0) is 13.1 Å². The monoisotopic (exact) mass is 895 g/mol. The van der Waals surface area contributed by atoms with Crippen molar-refractivity contribution < 1.29 is 26.2 Å². The van der Waals surface area contributed by atoms with Crippen LogP contribution in [0.3, 0.4) is 0 Å². The summed E-state index contributed by atoms with van der Waals surface area (Å²) < 4.78 is 4.58. The quantitative estimate of drug-likeness (QED) is 0.0356. The Hall–Kier alpha value is -1.19. The van der Waals surface area contributed by atoms with E-state index in [4.69, 9.17) is 11.6 Å². The molecule has 61 heavy (non-hydrogen) atoms. The lowest BCUT2D eigenvalue weighted by molar-refractivity contribution is -0.697. The first kappa shape index (κ1) is 64.1. The van der Waals surface area contributed by atoms with Gasteiger partial charge in [-0.05, 0) is 19.3 Å². The molecule has 5 heteroatoms. The number of alkyl halides is 1. The fourth-order valence-electron chi connectivity index (χ4n) is 8.08. The normalized spacial score (nSPS) is 10.6. The van der Waals surface area contributed by atoms with Crippen LogP contribution in [-0.4, -0.2) is 5.88 Å². The second-order valence-corrected chi connectivity index (χ2v) is 18.4. The van der Waals surface area contributed by atoms with Gasteiger partial charge in [0.25, 0.3) is 0 Å². The van der Waals surface area contributed by atoms with Gasteiger partial charge in [-0.2, -0.15) is 0 Å². The molecule has 0 spiro atoms. The van der Waals surface area contributed by atoms with Gasteiger partial charge in [-0.1, -0.05) is 258 Å². The number of nitrogens with zero attached hydrogens (tertiary/aromatic N) is 2. The standard InChI is InChI=1S/2C21H38N.C14H29Cl.ClH.FH/c2*1-2-3-4-5-6-7-8-9-10-11-12-13-14-16-19-22-20-17-15-18-21-22;1-2-3-4-5-6-7-8-9-10-11-12-13-14-15;;/h2*15,17-18,20-21H,2-14,16,19H2,1H3;2-14H2,1H3;2*1H/q2*+1;;;/p-2. The van der Waals surface area contributed by atoms with Gasteiger partial charge in [0.2, 0.25) is 0 Å². The highest BCUT2D eigenvalue weighted by atomic mass is 35.5. The molecule has 2 heterocycles. The molecule has 0 unspecified atom stereocenters. The van der Waals surface area contributed by atoms with Crippen LogP contribution in [0.4, 0.5) is 0 Å². The third-order valence-corrected chi connectivity index (χ3v) is 12.3. The molecule has 0 aliphatic carbocycles. The first-order valence-corrected chi connectivity index (χ1v) is 27.3. The van der Waals surface area contributed by atoms with Crippen molar-refractivity contribution >= 4 is 11.6 Å². The highest BCUT2D eigenvalue weighted by Crippen LogP contribution is 2.15. The molecule has 0 fully saturated rings. The molecule has 0 aliphatic heterocycles. The molecule has 0 amide bonds. The number of halogens is 3. The van der Waals surface area contributed by atoms with E-state index in [1.54, 1.807) is 0 Å². The zero-order chi connectivity index (χ0) is 42.6. The number of pyridine rings is 2. The molecule has 2 rings (SSSR count). The molecule has 2 aromatic heterocycles. The van der Waals surface area contributed by atoms with Gasteiger partial charge < -0.3 is 17.1 Å². The van der Waals surface area contributed by atoms with Crippen LogP contribution < -0.4 is 26.2 Å². The van der Waals surface area contributed by atoms with Crippen LogP contribution in [0.2, 0.25) is 0 Å². The van der Waals surface area contributed by atoms with Crippen LogP contribution in [0, 0.1) is 0 Å². The predicted octanol–water partition coefficient (Wildman–Crippen LogP) is 12.8. The van der Waals surface area contributed by atoms with Crippen LogP contribution in [0.25, 0.3) is 0 Å². The van der Waals surface area contributed by atoms with Crippen LogP contribution >= 0.6 is 11.6 Å². The summed E-state index contributed by atoms with van der Waals surface area (Å²) in [7, 11) is 0. The third kappa shape index (κ3) is 54.9. The summed E-state index contributed by atoms with van der Waals surface area (Å²) in [5.41, 5.74) is 0. The maximum Gasteiger partial charge on any atom is 0.168 e. The Morgan fingerprint density at radius 1 is 0.262 bits per heavy atom. The second kappa shape index (κ2) is 58.8. The number of rotatable bonds is 42. The predicted molar refractivity (Wildman–Crippen MR) is 266 cm³/mol. The SMILES string of the molecule is CCCCCCCCCCCCCCCC[n+]1ccccc1.CCCCCCCCCCCCCCCC[n+]1ccccc1.CCCCCCCCCCCCCCCl.[Cl-].[F-]. The summed E-state index contributed by atoms with van der Waals surface area (Å²) >= 11 is 5.62. The zero-order valence-corrected chi connectivity index (χ0v) is 42.7. The van der Waals surface area contributed by atoms with Crippen molar-refractivity contribution in [1.29, 1.82) is 0 Å². The molecule has 0 aliphatic rings. The third-order valence-electron chi connectivity index (χ3n) is 12.1. The summed E-state index contributed by atoms with van der Waals surface area (Å²) in [4.78, 5) is 0. The highest BCUT2D eigenvalue weighted by Gasteiger charge is 2.00. The van der Waals surface area contributed by atoms with Gasteiger partial charge in [0.05, 0.1) is 0 Å². The summed E-state index contributed by atoms with van der Waals surface area (Å²) in [6.07, 6.45) is 65.7. The Morgan fingerprint density at radius 2 is 0.443 bits per heavy atom. The van der Waals surface area contributed by atoms with E-state index in [1.165, 1.54) is 270 Å². The molecule has 360 valence electrons. The second-order valence-electron chi connectivity index (χ2n) is 18.0. The highest BCUT2D eigenvalue weighted by molar-refractivity contribution is 6.17. The topological polar surface area (TPSA) is 7.76 Å². The molecule has 0 radical (unpaired) electrons. The van der Waals surface area contributed by atoms with Crippen molar-refractivity contribution in [2.75, 3.05) is 5.88 Å². The van der Waals surface area contributed by atoms with Crippen LogP contribution in [0.5, 0.6) is 0 Å². The van der Waals surface area contributed by atoms with E-state index in [2.05, 4.69) is 91.1 Å². The van der Waals surface area contributed by atoms with Crippen molar-refractivity contribution in [1.82, 2.24) is 0 Å². The maximum absolute atomic E-state index is 5.62. The molecular weight excluding hydrogens is 791 g/mol. The number of aryl methyl sites for hydroxylation is 2. The molecule has 0 atom stereocenters. The molecule has 0 N–H and O–H groups in total. The number of unbranched alkanes of at least 4 members (excludes halogenated alkanes) is 37. The molecule has 2 aromatic rings. The summed E-state index contributed by atoms with van der Waals surface area (Å²) in [6.45, 7) is 9.22. The lowest BCUT2D eigenvalue weighted by Gasteiger charge is -2.02. The van der Waals surface area contributed by atoms with Crippen molar-refractivity contribution in [2.45, 2.75) is 291 Å². The Kier molecular flexibility index (Phi) is 61.8. The van der Waals surface area contributed by atoms with Gasteiger partial charge in [0.15, 0.2) is 24.8 Å². The van der Waals surface area contributed by atoms with Crippen molar-refractivity contribution in [3.05, 3.63) is 61.2 Å². The van der Waals surface area contributed by atoms with Gasteiger partial charge in [-0.25, -0.2) is 9.13 Å². The van der Waals surface area contributed by atoms with E-state index in [1.807, 2.05) is 0 Å². The number of hydrogen-bond acceptors (Lipinski definition) is 0. The van der Waals surface area contributed by atoms with Gasteiger partial charge in [0, 0.05) is 43.0 Å². The largest absolute Gasteiger partial charge is 1.00 e. The van der Waals surface area contributed by atoms with Gasteiger partial charge in [-0.3, -0.25) is 0 Å². The Labute approximate surface area is 393 Å². The first-order chi connectivity index (χ1) is 29.3. The molecule has 0 saturated carbocycles. The zero-order valence-electron chi connectivity index (χ0n) is 41.2. The number of hydrogen-bond donors (Lipinski definition) is 0. The molecule has 0 saturated heterocycles. The fourth-order valence-corrected chi connectivity index (χ4v) is 8.27. The lowest BCUT2D eigenvalue weighted by atomic mass is 10.0. The summed E-state index contributed by atoms with van der Waals surface area (Å²) in [6, 6.07) is 12.6. The Balaban J connectivity index is -0.000000831. The summed E-state index contributed by atoms with van der Waals surface area (Å²) in [5.74, 6) is 0.845. The molecule has 0 bridgehead atoms. The molecule has 0 aromatic carbocycles. The molecular formula is C56H105Cl2FN2. The van der Waals surface area contributed by atoms with E-state index in [0.29, 0.717) is 0 Å². The lowest BCUT2D eigenvalue weighted by Crippen LogP contribution is -3.00. The van der Waals surface area contributed by atoms with E-state index < -0.39 is 0 Å². The summed E-state index contributed by atoms with van der Waals surface area (Å²) in [5, 5.41) is 0. The van der Waals surface area contributed by atoms with Crippen molar-refractivity contribution in [3.8, 4) is 0 Å². The molecule has 2 nitrogen and oxygen atoms in total. The van der Waals surface area contributed by atoms with Gasteiger partial charge in [0.1, 0.15) is 13.1 Å². The van der Waals surface area contributed by atoms with E-state index in [9.17, 15) is 0 Å². The maximum atomic E-state index is 5.62. The Morgan fingerprint density at radius 3 is 0.639 bits per heavy atom. The van der Waals surface area contributed by atoms with Crippen molar-refractivity contribution in [2.24, 2.45) is 0 Å².